The fourth-order valence-corrected chi connectivity index (χ4v) is 2.54. The van der Waals surface area contributed by atoms with E-state index in [0.29, 0.717) is 11.7 Å². The van der Waals surface area contributed by atoms with Crippen LogP contribution in [0, 0.1) is 5.92 Å². The first-order valence-electron chi connectivity index (χ1n) is 6.53. The Morgan fingerprint density at radius 1 is 1.68 bits per heavy atom. The van der Waals surface area contributed by atoms with Crippen molar-refractivity contribution < 1.29 is 9.53 Å². The van der Waals surface area contributed by atoms with Crippen LogP contribution in [-0.2, 0) is 23.1 Å². The molecule has 1 aromatic rings. The first-order chi connectivity index (χ1) is 9.00. The summed E-state index contributed by atoms with van der Waals surface area (Å²) in [4.78, 5) is 18.3. The summed E-state index contributed by atoms with van der Waals surface area (Å²) < 4.78 is 7.33. The van der Waals surface area contributed by atoms with Gasteiger partial charge in [-0.3, -0.25) is 4.79 Å². The molecule has 2 heterocycles. The fraction of sp³-hybridized carbons (Fsp3) is 0.692. The Morgan fingerprint density at radius 3 is 3.00 bits per heavy atom. The molecule has 106 valence electrons. The van der Waals surface area contributed by atoms with E-state index in [-0.39, 0.29) is 17.9 Å². The summed E-state index contributed by atoms with van der Waals surface area (Å²) >= 11 is 5.94. The van der Waals surface area contributed by atoms with Gasteiger partial charge in [-0.2, -0.15) is 0 Å². The van der Waals surface area contributed by atoms with Gasteiger partial charge in [0.15, 0.2) is 0 Å². The Labute approximate surface area is 118 Å². The Hall–Kier alpha value is -1.07. The molecular formula is C13H20ClN3O2. The highest BCUT2D eigenvalue weighted by Gasteiger charge is 2.31. The zero-order chi connectivity index (χ0) is 14.0. The number of rotatable bonds is 3. The Bertz CT molecular complexity index is 461. The molecule has 6 heteroatoms. The maximum atomic E-state index is 12.4. The average Bonchev–Trinajstić information content (AvgIpc) is 2.70. The molecule has 0 saturated carbocycles. The zero-order valence-electron chi connectivity index (χ0n) is 11.6. The van der Waals surface area contributed by atoms with Crippen LogP contribution in [0.25, 0.3) is 0 Å². The summed E-state index contributed by atoms with van der Waals surface area (Å²) in [5.41, 5.74) is 0. The van der Waals surface area contributed by atoms with E-state index in [4.69, 9.17) is 16.3 Å². The predicted molar refractivity (Wildman–Crippen MR) is 72.8 cm³/mol. The van der Waals surface area contributed by atoms with E-state index < -0.39 is 0 Å². The van der Waals surface area contributed by atoms with Crippen molar-refractivity contribution >= 4 is 17.5 Å². The van der Waals surface area contributed by atoms with Crippen molar-refractivity contribution in [3.8, 4) is 0 Å². The van der Waals surface area contributed by atoms with Crippen LogP contribution in [0.1, 0.15) is 25.6 Å². The Kier molecular flexibility index (Phi) is 4.47. The average molecular weight is 286 g/mol. The van der Waals surface area contributed by atoms with Gasteiger partial charge in [-0.15, -0.1) is 0 Å². The highest BCUT2D eigenvalue weighted by atomic mass is 35.5. The van der Waals surface area contributed by atoms with Crippen molar-refractivity contribution in [2.75, 3.05) is 13.7 Å². The number of carbonyl (C=O) groups excluding carboxylic acids is 1. The molecule has 1 amide bonds. The monoisotopic (exact) mass is 285 g/mol. The smallest absolute Gasteiger partial charge is 0.228 e. The van der Waals surface area contributed by atoms with Crippen LogP contribution in [0.4, 0.5) is 0 Å². The number of ether oxygens (including phenoxy) is 1. The standard InChI is InChI=1S/C13H20ClN3O2/c1-9-10(5-4-6-19-9)13(18)16(2)8-12-15-7-11(14)17(12)3/h7,9-10H,4-6,8H2,1-3H3/t9-,10+/m1/s1. The third-order valence-electron chi connectivity index (χ3n) is 3.71. The summed E-state index contributed by atoms with van der Waals surface area (Å²) in [6.45, 7) is 3.18. The second-order valence-corrected chi connectivity index (χ2v) is 5.46. The molecule has 1 aliphatic rings. The second kappa shape index (κ2) is 5.92. The van der Waals surface area contributed by atoms with Crippen molar-refractivity contribution in [2.45, 2.75) is 32.4 Å². The maximum absolute atomic E-state index is 12.4. The molecule has 0 unspecified atom stereocenters. The summed E-state index contributed by atoms with van der Waals surface area (Å²) in [5, 5.41) is 0.574. The van der Waals surface area contributed by atoms with Crippen LogP contribution in [0.5, 0.6) is 0 Å². The minimum atomic E-state index is -0.0468. The third kappa shape index (κ3) is 3.09. The molecule has 0 bridgehead atoms. The first-order valence-corrected chi connectivity index (χ1v) is 6.91. The van der Waals surface area contributed by atoms with Gasteiger partial charge in [0.2, 0.25) is 5.91 Å². The molecule has 5 nitrogen and oxygen atoms in total. The molecule has 19 heavy (non-hydrogen) atoms. The van der Waals surface area contributed by atoms with Gasteiger partial charge >= 0.3 is 0 Å². The lowest BCUT2D eigenvalue weighted by Crippen LogP contribution is -2.41. The van der Waals surface area contributed by atoms with E-state index in [1.807, 2.05) is 14.0 Å². The van der Waals surface area contributed by atoms with Crippen LogP contribution in [0.2, 0.25) is 5.15 Å². The van der Waals surface area contributed by atoms with Crippen molar-refractivity contribution in [1.82, 2.24) is 14.5 Å². The van der Waals surface area contributed by atoms with Gasteiger partial charge in [-0.1, -0.05) is 11.6 Å². The van der Waals surface area contributed by atoms with Crippen LogP contribution < -0.4 is 0 Å². The Morgan fingerprint density at radius 2 is 2.42 bits per heavy atom. The molecule has 1 saturated heterocycles. The maximum Gasteiger partial charge on any atom is 0.228 e. The van der Waals surface area contributed by atoms with Crippen LogP contribution in [0.3, 0.4) is 0 Å². The molecule has 0 aliphatic carbocycles. The highest BCUT2D eigenvalue weighted by Crippen LogP contribution is 2.23. The number of hydrogen-bond donors (Lipinski definition) is 0. The highest BCUT2D eigenvalue weighted by molar-refractivity contribution is 6.29. The van der Waals surface area contributed by atoms with Gasteiger partial charge in [-0.05, 0) is 19.8 Å². The van der Waals surface area contributed by atoms with Gasteiger partial charge in [0.05, 0.1) is 24.8 Å². The Balaban J connectivity index is 2.01. The molecule has 2 atom stereocenters. The third-order valence-corrected chi connectivity index (χ3v) is 4.06. The molecule has 0 spiro atoms. The van der Waals surface area contributed by atoms with E-state index in [9.17, 15) is 4.79 Å². The molecule has 0 aromatic carbocycles. The SMILES string of the molecule is C[C@H]1OCCC[C@@H]1C(=O)N(C)Cc1ncc(Cl)n1C. The summed E-state index contributed by atoms with van der Waals surface area (Å²) in [7, 11) is 3.64. The molecule has 1 fully saturated rings. The summed E-state index contributed by atoms with van der Waals surface area (Å²) in [5.74, 6) is 0.853. The molecule has 2 rings (SSSR count). The number of nitrogens with zero attached hydrogens (tertiary/aromatic N) is 3. The molecule has 0 radical (unpaired) electrons. The van der Waals surface area contributed by atoms with Crippen molar-refractivity contribution in [2.24, 2.45) is 13.0 Å². The van der Waals surface area contributed by atoms with Gasteiger partial charge in [0, 0.05) is 20.7 Å². The van der Waals surface area contributed by atoms with E-state index in [2.05, 4.69) is 4.98 Å². The number of carbonyl (C=O) groups is 1. The largest absolute Gasteiger partial charge is 0.378 e. The van der Waals surface area contributed by atoms with Gasteiger partial charge < -0.3 is 14.2 Å². The van der Waals surface area contributed by atoms with Crippen molar-refractivity contribution in [3.63, 3.8) is 0 Å². The van der Waals surface area contributed by atoms with Crippen LogP contribution in [0.15, 0.2) is 6.20 Å². The lowest BCUT2D eigenvalue weighted by molar-refractivity contribution is -0.143. The topological polar surface area (TPSA) is 47.4 Å². The fourth-order valence-electron chi connectivity index (χ4n) is 2.39. The molecule has 1 aromatic heterocycles. The van der Waals surface area contributed by atoms with Gasteiger partial charge in [0.1, 0.15) is 11.0 Å². The van der Waals surface area contributed by atoms with Gasteiger partial charge in [0.25, 0.3) is 0 Å². The summed E-state index contributed by atoms with van der Waals surface area (Å²) in [6, 6.07) is 0. The predicted octanol–water partition coefficient (Wildman–Crippen LogP) is 1.85. The van der Waals surface area contributed by atoms with E-state index >= 15 is 0 Å². The van der Waals surface area contributed by atoms with Gasteiger partial charge in [-0.25, -0.2) is 4.98 Å². The first kappa shape index (κ1) is 14.3. The second-order valence-electron chi connectivity index (χ2n) is 5.08. The zero-order valence-corrected chi connectivity index (χ0v) is 12.4. The summed E-state index contributed by atoms with van der Waals surface area (Å²) in [6.07, 6.45) is 3.43. The van der Waals surface area contributed by atoms with Crippen LogP contribution in [-0.4, -0.2) is 40.1 Å². The lowest BCUT2D eigenvalue weighted by Gasteiger charge is -2.31. The van der Waals surface area contributed by atoms with E-state index in [0.717, 1.165) is 25.3 Å². The van der Waals surface area contributed by atoms with E-state index in [1.165, 1.54) is 0 Å². The number of aromatic nitrogens is 2. The normalized spacial score (nSPS) is 23.4. The molecular weight excluding hydrogens is 266 g/mol. The molecule has 1 aliphatic heterocycles. The lowest BCUT2D eigenvalue weighted by atomic mass is 9.94. The quantitative estimate of drug-likeness (QED) is 0.851. The minimum Gasteiger partial charge on any atom is -0.378 e. The van der Waals surface area contributed by atoms with Crippen LogP contribution >= 0.6 is 11.6 Å². The number of halogens is 1. The number of hydrogen-bond acceptors (Lipinski definition) is 3. The number of amides is 1. The molecule has 0 N–H and O–H groups in total. The minimum absolute atomic E-state index is 0.00587. The van der Waals surface area contributed by atoms with E-state index in [1.54, 1.807) is 22.7 Å². The van der Waals surface area contributed by atoms with Crippen molar-refractivity contribution in [3.05, 3.63) is 17.2 Å². The number of imidazole rings is 1. The van der Waals surface area contributed by atoms with Crippen molar-refractivity contribution in [1.29, 1.82) is 0 Å².